The molecule has 0 spiro atoms. The van der Waals surface area contributed by atoms with E-state index in [9.17, 15) is 0 Å². The van der Waals surface area contributed by atoms with Crippen molar-refractivity contribution >= 4 is 0 Å². The summed E-state index contributed by atoms with van der Waals surface area (Å²) in [5.74, 6) is 1.99. The van der Waals surface area contributed by atoms with Gasteiger partial charge in [0.15, 0.2) is 0 Å². The Kier molecular flexibility index (Phi) is 33.1. The molecule has 1 heteroatoms. The van der Waals surface area contributed by atoms with Crippen LogP contribution in [-0.2, 0) is 0 Å². The normalized spacial score (nSPS) is 12.6. The molecule has 0 fully saturated rings. The van der Waals surface area contributed by atoms with Crippen molar-refractivity contribution in [1.29, 1.82) is 0 Å². The van der Waals surface area contributed by atoms with Crippen molar-refractivity contribution in [1.82, 2.24) is 0 Å². The van der Waals surface area contributed by atoms with E-state index in [0.29, 0.717) is 6.61 Å². The van der Waals surface area contributed by atoms with Crippen LogP contribution in [0.15, 0.2) is 0 Å². The van der Waals surface area contributed by atoms with Gasteiger partial charge in [0.1, 0.15) is 0 Å². The molecule has 0 saturated heterocycles. The van der Waals surface area contributed by atoms with Crippen LogP contribution in [0.1, 0.15) is 220 Å². The minimum Gasteiger partial charge on any atom is -0.396 e. The van der Waals surface area contributed by atoms with E-state index in [4.69, 9.17) is 5.11 Å². The van der Waals surface area contributed by atoms with Crippen molar-refractivity contribution in [2.24, 2.45) is 11.8 Å². The minimum absolute atomic E-state index is 0.374. The summed E-state index contributed by atoms with van der Waals surface area (Å²) >= 11 is 0. The van der Waals surface area contributed by atoms with Crippen molar-refractivity contribution in [3.05, 3.63) is 0 Å². The monoisotopic (exact) mass is 537 g/mol. The first kappa shape index (κ1) is 38.0. The molecule has 0 saturated carbocycles. The van der Waals surface area contributed by atoms with Gasteiger partial charge in [-0.1, -0.05) is 213 Å². The number of hydrogen-bond acceptors (Lipinski definition) is 1. The summed E-state index contributed by atoms with van der Waals surface area (Å²) in [6.45, 7) is 7.36. The Morgan fingerprint density at radius 2 is 0.500 bits per heavy atom. The lowest BCUT2D eigenvalue weighted by Gasteiger charge is -2.28. The van der Waals surface area contributed by atoms with Crippen molar-refractivity contribution in [3.8, 4) is 0 Å². The quantitative estimate of drug-likeness (QED) is 0.0827. The van der Waals surface area contributed by atoms with Crippen LogP contribution in [0.3, 0.4) is 0 Å². The molecule has 1 unspecified atom stereocenters. The molecule has 0 rings (SSSR count). The smallest absolute Gasteiger partial charge is 0.0431 e. The van der Waals surface area contributed by atoms with Gasteiger partial charge < -0.3 is 5.11 Å². The Labute approximate surface area is 243 Å². The molecule has 38 heavy (non-hydrogen) atoms. The van der Waals surface area contributed by atoms with Crippen molar-refractivity contribution < 1.29 is 5.11 Å². The molecule has 0 aromatic carbocycles. The van der Waals surface area contributed by atoms with Crippen LogP contribution in [-0.4, -0.2) is 11.7 Å². The highest BCUT2D eigenvalue weighted by molar-refractivity contribution is 4.72. The van der Waals surface area contributed by atoms with Crippen LogP contribution in [0.2, 0.25) is 0 Å². The zero-order chi connectivity index (χ0) is 27.8. The number of rotatable bonds is 33. The van der Waals surface area contributed by atoms with Crippen molar-refractivity contribution in [3.63, 3.8) is 0 Å². The molecule has 0 aromatic heterocycles. The minimum atomic E-state index is 0.374. The van der Waals surface area contributed by atoms with E-state index >= 15 is 0 Å². The Morgan fingerprint density at radius 1 is 0.289 bits per heavy atom. The number of aliphatic hydroxyl groups is 1. The molecule has 1 nitrogen and oxygen atoms in total. The first-order chi connectivity index (χ1) is 18.8. The highest BCUT2D eigenvalue weighted by Crippen LogP contribution is 2.33. The first-order valence-corrected chi connectivity index (χ1v) is 18.4. The molecule has 0 amide bonds. The van der Waals surface area contributed by atoms with Crippen LogP contribution in [0.25, 0.3) is 0 Å². The Morgan fingerprint density at radius 3 is 0.737 bits per heavy atom. The lowest BCUT2D eigenvalue weighted by Crippen LogP contribution is -2.16. The van der Waals surface area contributed by atoms with Gasteiger partial charge in [-0.25, -0.2) is 0 Å². The van der Waals surface area contributed by atoms with E-state index < -0.39 is 0 Å². The molecule has 1 atom stereocenters. The fourth-order valence-corrected chi connectivity index (χ4v) is 6.55. The zero-order valence-electron chi connectivity index (χ0n) is 27.2. The fourth-order valence-electron chi connectivity index (χ4n) is 6.55. The summed E-state index contributed by atoms with van der Waals surface area (Å²) in [4.78, 5) is 0. The molecule has 0 bridgehead atoms. The van der Waals surface area contributed by atoms with Gasteiger partial charge in [0.2, 0.25) is 0 Å². The third kappa shape index (κ3) is 27.5. The Balaban J connectivity index is 4.71. The van der Waals surface area contributed by atoms with Crippen LogP contribution in [0, 0.1) is 11.8 Å². The third-order valence-corrected chi connectivity index (χ3v) is 9.19. The Hall–Kier alpha value is -0.0400. The van der Waals surface area contributed by atoms with E-state index in [1.54, 1.807) is 0 Å². The summed E-state index contributed by atoms with van der Waals surface area (Å²) in [6, 6.07) is 0. The first-order valence-electron chi connectivity index (χ1n) is 18.4. The van der Waals surface area contributed by atoms with Crippen LogP contribution in [0.5, 0.6) is 0 Å². The van der Waals surface area contributed by atoms with Gasteiger partial charge in [-0.15, -0.1) is 0 Å². The summed E-state index contributed by atoms with van der Waals surface area (Å²) in [7, 11) is 0. The SMILES string of the molecule is CCCCCCCCCC(CCCCCCCCC)C(CCCCCCCCC)CCCCCCCCO. The second-order valence-electron chi connectivity index (χ2n) is 12.9. The molecule has 0 radical (unpaired) electrons. The maximum Gasteiger partial charge on any atom is 0.0431 e. The van der Waals surface area contributed by atoms with Gasteiger partial charge >= 0.3 is 0 Å². The molecule has 0 aliphatic heterocycles. The largest absolute Gasteiger partial charge is 0.396 e. The lowest BCUT2D eigenvalue weighted by molar-refractivity contribution is 0.236. The van der Waals surface area contributed by atoms with Crippen LogP contribution < -0.4 is 0 Å². The van der Waals surface area contributed by atoms with E-state index in [2.05, 4.69) is 20.8 Å². The lowest BCUT2D eigenvalue weighted by atomic mass is 9.78. The maximum absolute atomic E-state index is 9.05. The molecule has 0 heterocycles. The summed E-state index contributed by atoms with van der Waals surface area (Å²) < 4.78 is 0. The fraction of sp³-hybridized carbons (Fsp3) is 1.00. The number of hydrogen-bond donors (Lipinski definition) is 1. The van der Waals surface area contributed by atoms with Crippen LogP contribution >= 0.6 is 0 Å². The van der Waals surface area contributed by atoms with Crippen molar-refractivity contribution in [2.45, 2.75) is 220 Å². The van der Waals surface area contributed by atoms with Gasteiger partial charge in [-0.3, -0.25) is 0 Å². The highest BCUT2D eigenvalue weighted by atomic mass is 16.2. The predicted molar refractivity (Wildman–Crippen MR) is 174 cm³/mol. The average molecular weight is 537 g/mol. The van der Waals surface area contributed by atoms with E-state index in [-0.39, 0.29) is 0 Å². The molecule has 0 aromatic rings. The second-order valence-corrected chi connectivity index (χ2v) is 12.9. The van der Waals surface area contributed by atoms with Crippen molar-refractivity contribution in [2.75, 3.05) is 6.61 Å². The summed E-state index contributed by atoms with van der Waals surface area (Å²) in [5.41, 5.74) is 0. The number of unbranched alkanes of at least 4 members (excludes halogenated alkanes) is 23. The molecule has 0 aliphatic rings. The predicted octanol–water partition coefficient (Wildman–Crippen LogP) is 13.4. The van der Waals surface area contributed by atoms with Gasteiger partial charge in [0.25, 0.3) is 0 Å². The third-order valence-electron chi connectivity index (χ3n) is 9.19. The van der Waals surface area contributed by atoms with Gasteiger partial charge in [0.05, 0.1) is 0 Å². The van der Waals surface area contributed by atoms with Gasteiger partial charge in [-0.05, 0) is 18.3 Å². The molecule has 0 aliphatic carbocycles. The maximum atomic E-state index is 9.05. The molecular formula is C37H76O. The zero-order valence-corrected chi connectivity index (χ0v) is 27.2. The second kappa shape index (κ2) is 33.2. The van der Waals surface area contributed by atoms with E-state index in [1.807, 2.05) is 0 Å². The highest BCUT2D eigenvalue weighted by Gasteiger charge is 2.20. The summed E-state index contributed by atoms with van der Waals surface area (Å²) in [6.07, 6.45) is 44.3. The summed E-state index contributed by atoms with van der Waals surface area (Å²) in [5, 5.41) is 9.05. The topological polar surface area (TPSA) is 20.2 Å². The molecule has 1 N–H and O–H groups in total. The van der Waals surface area contributed by atoms with Crippen LogP contribution in [0.4, 0.5) is 0 Å². The van der Waals surface area contributed by atoms with E-state index in [0.717, 1.165) is 18.3 Å². The standard InChI is InChI=1S/C37H76O/c1-4-7-10-13-16-21-26-31-36(32-27-22-17-14-11-8-5-2)37(33-28-23-18-15-12-9-6-3)34-29-24-19-20-25-30-35-38/h36-38H,4-35H2,1-3H3. The van der Waals surface area contributed by atoms with Gasteiger partial charge in [0, 0.05) is 6.61 Å². The Bertz CT molecular complexity index is 332. The molecular weight excluding hydrogens is 460 g/mol. The average Bonchev–Trinajstić information content (AvgIpc) is 2.93. The van der Waals surface area contributed by atoms with E-state index in [1.165, 1.54) is 193 Å². The number of aliphatic hydroxyl groups excluding tert-OH is 1. The molecule has 230 valence electrons. The van der Waals surface area contributed by atoms with Gasteiger partial charge in [-0.2, -0.15) is 0 Å².